The zero-order valence-corrected chi connectivity index (χ0v) is 10.8. The molecule has 0 unspecified atom stereocenters. The van der Waals surface area contributed by atoms with Gasteiger partial charge >= 0.3 is 0 Å². The average molecular weight is 303 g/mol. The molecule has 1 heterocycles. The van der Waals surface area contributed by atoms with Gasteiger partial charge in [0.1, 0.15) is 5.82 Å². The van der Waals surface area contributed by atoms with Crippen molar-refractivity contribution in [2.24, 2.45) is 7.05 Å². The van der Waals surface area contributed by atoms with Gasteiger partial charge in [0.2, 0.25) is 5.16 Å². The summed E-state index contributed by atoms with van der Waals surface area (Å²) in [5.74, 6) is 0.446. The third-order valence-corrected chi connectivity index (χ3v) is 3.62. The van der Waals surface area contributed by atoms with E-state index in [0.29, 0.717) is 10.2 Å². The summed E-state index contributed by atoms with van der Waals surface area (Å²) >= 11 is 4.65. The van der Waals surface area contributed by atoms with E-state index in [4.69, 9.17) is 0 Å². The number of thioether (sulfide) groups is 1. The maximum absolute atomic E-state index is 13.0. The van der Waals surface area contributed by atoms with Gasteiger partial charge < -0.3 is 0 Å². The number of aromatic nitrogens is 4. The van der Waals surface area contributed by atoms with Gasteiger partial charge in [0.15, 0.2) is 0 Å². The molecule has 16 heavy (non-hydrogen) atoms. The van der Waals surface area contributed by atoms with Crippen molar-refractivity contribution >= 4 is 27.7 Å². The first-order valence-electron chi connectivity index (χ1n) is 4.46. The summed E-state index contributed by atoms with van der Waals surface area (Å²) in [6.45, 7) is 0. The molecule has 0 atom stereocenters. The largest absolute Gasteiger partial charge is 0.224 e. The van der Waals surface area contributed by atoms with Crippen LogP contribution in [0.5, 0.6) is 0 Å². The van der Waals surface area contributed by atoms with Crippen molar-refractivity contribution in [2.45, 2.75) is 10.9 Å². The van der Waals surface area contributed by atoms with Gasteiger partial charge in [-0.3, -0.25) is 0 Å². The van der Waals surface area contributed by atoms with E-state index < -0.39 is 0 Å². The summed E-state index contributed by atoms with van der Waals surface area (Å²) in [4.78, 5) is 0. The van der Waals surface area contributed by atoms with Crippen LogP contribution in [0.1, 0.15) is 5.56 Å². The SMILES string of the molecule is Cn1nnnc1SCc1ccc(F)c(Br)c1. The Morgan fingerprint density at radius 3 is 2.94 bits per heavy atom. The molecular weight excluding hydrogens is 295 g/mol. The Hall–Kier alpha value is -0.950. The van der Waals surface area contributed by atoms with Crippen molar-refractivity contribution in [3.63, 3.8) is 0 Å². The Kier molecular flexibility index (Phi) is 3.55. The molecule has 0 spiro atoms. The minimum atomic E-state index is -0.255. The van der Waals surface area contributed by atoms with E-state index in [1.165, 1.54) is 17.8 Å². The third kappa shape index (κ3) is 2.59. The summed E-state index contributed by atoms with van der Waals surface area (Å²) < 4.78 is 15.1. The molecule has 0 N–H and O–H groups in total. The average Bonchev–Trinajstić information content (AvgIpc) is 2.66. The second-order valence-corrected chi connectivity index (χ2v) is 4.92. The van der Waals surface area contributed by atoms with Crippen LogP contribution in [-0.2, 0) is 12.8 Å². The van der Waals surface area contributed by atoms with E-state index in [-0.39, 0.29) is 5.82 Å². The molecule has 0 amide bonds. The fraction of sp³-hybridized carbons (Fsp3) is 0.222. The molecule has 1 aromatic heterocycles. The molecule has 0 fully saturated rings. The molecule has 0 aliphatic rings. The van der Waals surface area contributed by atoms with Gasteiger partial charge in [0, 0.05) is 12.8 Å². The summed E-state index contributed by atoms with van der Waals surface area (Å²) in [6.07, 6.45) is 0. The predicted octanol–water partition coefficient (Wildman–Crippen LogP) is 2.40. The van der Waals surface area contributed by atoms with Crippen LogP contribution in [0.15, 0.2) is 27.8 Å². The molecule has 0 radical (unpaired) electrons. The number of benzene rings is 1. The lowest BCUT2D eigenvalue weighted by atomic mass is 10.2. The molecule has 1 aromatic carbocycles. The minimum absolute atomic E-state index is 0.255. The van der Waals surface area contributed by atoms with E-state index in [9.17, 15) is 4.39 Å². The first-order chi connectivity index (χ1) is 7.66. The summed E-state index contributed by atoms with van der Waals surface area (Å²) in [6, 6.07) is 4.94. The highest BCUT2D eigenvalue weighted by atomic mass is 79.9. The quantitative estimate of drug-likeness (QED) is 0.817. The van der Waals surface area contributed by atoms with Gasteiger partial charge in [-0.05, 0) is 44.1 Å². The Labute approximate surface area is 104 Å². The van der Waals surface area contributed by atoms with Crippen molar-refractivity contribution in [3.05, 3.63) is 34.1 Å². The second-order valence-electron chi connectivity index (χ2n) is 3.12. The van der Waals surface area contributed by atoms with Crippen LogP contribution in [0.3, 0.4) is 0 Å². The molecule has 0 saturated heterocycles. The van der Waals surface area contributed by atoms with Gasteiger partial charge in [-0.25, -0.2) is 9.07 Å². The summed E-state index contributed by atoms with van der Waals surface area (Å²) in [7, 11) is 1.78. The number of hydrogen-bond donors (Lipinski definition) is 0. The van der Waals surface area contributed by atoms with Crippen molar-refractivity contribution in [3.8, 4) is 0 Å². The number of hydrogen-bond acceptors (Lipinski definition) is 4. The van der Waals surface area contributed by atoms with E-state index in [0.717, 1.165) is 10.7 Å². The topological polar surface area (TPSA) is 43.6 Å². The van der Waals surface area contributed by atoms with Gasteiger partial charge in [-0.15, -0.1) is 5.10 Å². The molecule has 4 nitrogen and oxygen atoms in total. The van der Waals surface area contributed by atoms with Gasteiger partial charge in [0.05, 0.1) is 4.47 Å². The van der Waals surface area contributed by atoms with E-state index in [2.05, 4.69) is 31.5 Å². The van der Waals surface area contributed by atoms with Gasteiger partial charge in [-0.1, -0.05) is 17.8 Å². The number of rotatable bonds is 3. The Morgan fingerprint density at radius 1 is 1.50 bits per heavy atom. The third-order valence-electron chi connectivity index (χ3n) is 1.93. The summed E-state index contributed by atoms with van der Waals surface area (Å²) in [5, 5.41) is 11.9. The van der Waals surface area contributed by atoms with E-state index in [1.54, 1.807) is 23.9 Å². The lowest BCUT2D eigenvalue weighted by molar-refractivity contribution is 0.620. The van der Waals surface area contributed by atoms with Crippen molar-refractivity contribution < 1.29 is 4.39 Å². The van der Waals surface area contributed by atoms with Crippen molar-refractivity contribution in [1.82, 2.24) is 20.2 Å². The fourth-order valence-electron chi connectivity index (χ4n) is 1.12. The van der Waals surface area contributed by atoms with Crippen LogP contribution in [0.4, 0.5) is 4.39 Å². The smallest absolute Gasteiger partial charge is 0.209 e. The Morgan fingerprint density at radius 2 is 2.31 bits per heavy atom. The molecule has 0 aliphatic heterocycles. The molecular formula is C9H8BrFN4S. The predicted molar refractivity (Wildman–Crippen MR) is 62.5 cm³/mol. The fourth-order valence-corrected chi connectivity index (χ4v) is 2.34. The standard InChI is InChI=1S/C9H8BrFN4S/c1-15-9(12-13-14-15)16-5-6-2-3-8(11)7(10)4-6/h2-4H,5H2,1H3. The lowest BCUT2D eigenvalue weighted by Gasteiger charge is -2.01. The molecule has 2 aromatic rings. The van der Waals surface area contributed by atoms with Gasteiger partial charge in [0.25, 0.3) is 0 Å². The highest BCUT2D eigenvalue weighted by Crippen LogP contribution is 2.23. The van der Waals surface area contributed by atoms with Crippen LogP contribution in [0.2, 0.25) is 0 Å². The highest BCUT2D eigenvalue weighted by Gasteiger charge is 2.05. The Balaban J connectivity index is 2.05. The van der Waals surface area contributed by atoms with Gasteiger partial charge in [-0.2, -0.15) is 0 Å². The van der Waals surface area contributed by atoms with Crippen LogP contribution in [0, 0.1) is 5.82 Å². The molecule has 2 rings (SSSR count). The van der Waals surface area contributed by atoms with Crippen LogP contribution in [-0.4, -0.2) is 20.2 Å². The number of halogens is 2. The maximum Gasteiger partial charge on any atom is 0.209 e. The van der Waals surface area contributed by atoms with Crippen LogP contribution >= 0.6 is 27.7 Å². The Bertz CT molecular complexity index is 502. The second kappa shape index (κ2) is 4.92. The summed E-state index contributed by atoms with van der Waals surface area (Å²) in [5.41, 5.74) is 1.02. The first-order valence-corrected chi connectivity index (χ1v) is 6.24. The van der Waals surface area contributed by atoms with Crippen LogP contribution in [0.25, 0.3) is 0 Å². The maximum atomic E-state index is 13.0. The van der Waals surface area contributed by atoms with Crippen molar-refractivity contribution in [1.29, 1.82) is 0 Å². The van der Waals surface area contributed by atoms with Crippen molar-refractivity contribution in [2.75, 3.05) is 0 Å². The minimum Gasteiger partial charge on any atom is -0.224 e. The lowest BCUT2D eigenvalue weighted by Crippen LogP contribution is -1.93. The molecule has 0 aliphatic carbocycles. The normalized spacial score (nSPS) is 10.7. The van der Waals surface area contributed by atoms with Crippen LogP contribution < -0.4 is 0 Å². The molecule has 0 bridgehead atoms. The highest BCUT2D eigenvalue weighted by molar-refractivity contribution is 9.10. The number of aryl methyl sites for hydroxylation is 1. The number of tetrazole rings is 1. The molecule has 7 heteroatoms. The number of nitrogens with zero attached hydrogens (tertiary/aromatic N) is 4. The monoisotopic (exact) mass is 302 g/mol. The zero-order valence-electron chi connectivity index (χ0n) is 8.39. The van der Waals surface area contributed by atoms with E-state index >= 15 is 0 Å². The first kappa shape index (κ1) is 11.5. The molecule has 0 saturated carbocycles. The molecule has 84 valence electrons. The van der Waals surface area contributed by atoms with E-state index in [1.807, 2.05) is 0 Å². The zero-order chi connectivity index (χ0) is 11.5.